The van der Waals surface area contributed by atoms with E-state index in [9.17, 15) is 8.78 Å². The molecule has 0 aromatic heterocycles. The van der Waals surface area contributed by atoms with Gasteiger partial charge in [0.1, 0.15) is 0 Å². The molecule has 5 heteroatoms. The second kappa shape index (κ2) is 7.99. The number of nitrogens with zero attached hydrogens (tertiary/aromatic N) is 1. The fourth-order valence-corrected chi connectivity index (χ4v) is 3.61. The average Bonchev–Trinajstić information content (AvgIpc) is 2.45. The zero-order valence-electron chi connectivity index (χ0n) is 12.7. The monoisotopic (exact) mass is 314 g/mol. The van der Waals surface area contributed by atoms with E-state index in [0.29, 0.717) is 28.7 Å². The second-order valence-electron chi connectivity index (χ2n) is 5.56. The summed E-state index contributed by atoms with van der Waals surface area (Å²) in [4.78, 5) is 2.95. The van der Waals surface area contributed by atoms with E-state index in [2.05, 4.69) is 24.1 Å². The van der Waals surface area contributed by atoms with Gasteiger partial charge in [-0.05, 0) is 44.9 Å². The minimum absolute atomic E-state index is 0.368. The van der Waals surface area contributed by atoms with Crippen molar-refractivity contribution in [3.63, 3.8) is 0 Å². The van der Waals surface area contributed by atoms with E-state index in [-0.39, 0.29) is 0 Å². The molecule has 0 bridgehead atoms. The molecule has 1 aromatic rings. The Kier molecular flexibility index (Phi) is 6.30. The van der Waals surface area contributed by atoms with Crippen LogP contribution >= 0.6 is 11.8 Å². The van der Waals surface area contributed by atoms with E-state index in [1.54, 1.807) is 6.07 Å². The van der Waals surface area contributed by atoms with E-state index >= 15 is 0 Å². The summed E-state index contributed by atoms with van der Waals surface area (Å²) in [6.45, 7) is 6.32. The maximum atomic E-state index is 12.7. The number of benzene rings is 1. The normalized spacial score (nSPS) is 22.8. The lowest BCUT2D eigenvalue weighted by molar-refractivity contribution is 0.252. The summed E-state index contributed by atoms with van der Waals surface area (Å²) in [6.07, 6.45) is 3.27. The topological polar surface area (TPSA) is 15.3 Å². The second-order valence-corrected chi connectivity index (χ2v) is 6.60. The molecule has 2 unspecified atom stereocenters. The van der Waals surface area contributed by atoms with Crippen molar-refractivity contribution in [3.05, 3.63) is 24.3 Å². The van der Waals surface area contributed by atoms with Crippen molar-refractivity contribution in [1.82, 2.24) is 5.32 Å². The molecule has 1 aliphatic rings. The molecule has 2 rings (SSSR count). The van der Waals surface area contributed by atoms with Gasteiger partial charge in [0.15, 0.2) is 0 Å². The Labute approximate surface area is 130 Å². The first kappa shape index (κ1) is 16.6. The van der Waals surface area contributed by atoms with Crippen LogP contribution in [-0.2, 0) is 0 Å². The molecule has 1 aromatic carbocycles. The summed E-state index contributed by atoms with van der Waals surface area (Å²) in [5, 5.41) is 3.57. The minimum Gasteiger partial charge on any atom is -0.368 e. The van der Waals surface area contributed by atoms with Crippen molar-refractivity contribution >= 4 is 17.4 Å². The van der Waals surface area contributed by atoms with Gasteiger partial charge < -0.3 is 10.2 Å². The van der Waals surface area contributed by atoms with Crippen molar-refractivity contribution in [2.75, 3.05) is 18.0 Å². The first-order valence-corrected chi connectivity index (χ1v) is 8.53. The molecule has 2 atom stereocenters. The van der Waals surface area contributed by atoms with Crippen LogP contribution < -0.4 is 10.2 Å². The third-order valence-corrected chi connectivity index (χ3v) is 4.73. The Bertz CT molecular complexity index is 442. The van der Waals surface area contributed by atoms with E-state index < -0.39 is 5.76 Å². The largest absolute Gasteiger partial charge is 0.368 e. The summed E-state index contributed by atoms with van der Waals surface area (Å²) in [6, 6.07) is 8.42. The summed E-state index contributed by atoms with van der Waals surface area (Å²) in [7, 11) is 0. The number of alkyl halides is 2. The summed E-state index contributed by atoms with van der Waals surface area (Å²) in [5.41, 5.74) is 0.948. The number of hydrogen-bond acceptors (Lipinski definition) is 3. The van der Waals surface area contributed by atoms with E-state index in [0.717, 1.165) is 38.0 Å². The van der Waals surface area contributed by atoms with Crippen LogP contribution in [0.1, 0.15) is 33.1 Å². The lowest BCUT2D eigenvalue weighted by atomic mass is 9.97. The predicted octanol–water partition coefficient (Wildman–Crippen LogP) is 4.36. The van der Waals surface area contributed by atoms with Crippen molar-refractivity contribution in [2.24, 2.45) is 0 Å². The van der Waals surface area contributed by atoms with Crippen LogP contribution in [0, 0.1) is 0 Å². The Balaban J connectivity index is 2.06. The fourth-order valence-electron chi connectivity index (χ4n) is 2.95. The standard InChI is InChI=1S/C16H24F2N2S/c1-3-9-19-13-8-10-20(12(2)11-13)14-6-4-5-7-15(14)21-16(17)18/h4-7,12-13,16,19H,3,8-11H2,1-2H3. The number of halogens is 2. The van der Waals surface area contributed by atoms with Crippen LogP contribution in [0.25, 0.3) is 0 Å². The number of hydrogen-bond donors (Lipinski definition) is 1. The molecule has 0 saturated carbocycles. The SMILES string of the molecule is CCCNC1CCN(c2ccccc2SC(F)F)C(C)C1. The van der Waals surface area contributed by atoms with Gasteiger partial charge in [-0.1, -0.05) is 30.8 Å². The van der Waals surface area contributed by atoms with Crippen molar-refractivity contribution in [2.45, 2.75) is 55.8 Å². The molecule has 2 nitrogen and oxygen atoms in total. The van der Waals surface area contributed by atoms with Crippen LogP contribution in [0.3, 0.4) is 0 Å². The highest BCUT2D eigenvalue weighted by atomic mass is 32.2. The third-order valence-electron chi connectivity index (χ3n) is 3.95. The van der Waals surface area contributed by atoms with E-state index in [4.69, 9.17) is 0 Å². The highest BCUT2D eigenvalue weighted by Gasteiger charge is 2.27. The van der Waals surface area contributed by atoms with Crippen LogP contribution in [0.4, 0.5) is 14.5 Å². The molecule has 1 aliphatic heterocycles. The molecule has 1 saturated heterocycles. The molecule has 118 valence electrons. The Morgan fingerprint density at radius 1 is 1.38 bits per heavy atom. The molecule has 21 heavy (non-hydrogen) atoms. The molecule has 0 amide bonds. The number of anilines is 1. The van der Waals surface area contributed by atoms with Gasteiger partial charge in [-0.15, -0.1) is 0 Å². The van der Waals surface area contributed by atoms with Crippen LogP contribution in [0.5, 0.6) is 0 Å². The Morgan fingerprint density at radius 2 is 2.14 bits per heavy atom. The number of nitrogens with one attached hydrogen (secondary N) is 1. The van der Waals surface area contributed by atoms with Crippen molar-refractivity contribution in [1.29, 1.82) is 0 Å². The summed E-state index contributed by atoms with van der Waals surface area (Å²) in [5.74, 6) is -2.37. The van der Waals surface area contributed by atoms with E-state index in [1.165, 1.54) is 0 Å². The van der Waals surface area contributed by atoms with Crippen molar-refractivity contribution in [3.8, 4) is 0 Å². The number of rotatable bonds is 6. The quantitative estimate of drug-likeness (QED) is 0.786. The molecule has 1 fully saturated rings. The predicted molar refractivity (Wildman–Crippen MR) is 86.4 cm³/mol. The maximum absolute atomic E-state index is 12.7. The third kappa shape index (κ3) is 4.58. The maximum Gasteiger partial charge on any atom is 0.288 e. The van der Waals surface area contributed by atoms with Gasteiger partial charge in [0.2, 0.25) is 0 Å². The summed E-state index contributed by atoms with van der Waals surface area (Å²) >= 11 is 0.645. The minimum atomic E-state index is -2.37. The molecule has 0 radical (unpaired) electrons. The van der Waals surface area contributed by atoms with Gasteiger partial charge in [-0.2, -0.15) is 8.78 Å². The molecule has 1 heterocycles. The van der Waals surface area contributed by atoms with Crippen LogP contribution in [-0.4, -0.2) is 30.9 Å². The zero-order valence-corrected chi connectivity index (χ0v) is 13.5. The number of thioether (sulfide) groups is 1. The van der Waals surface area contributed by atoms with Gasteiger partial charge in [0.05, 0.1) is 5.69 Å². The highest BCUT2D eigenvalue weighted by Crippen LogP contribution is 2.36. The summed E-state index contributed by atoms with van der Waals surface area (Å²) < 4.78 is 25.4. The number of piperidine rings is 1. The zero-order chi connectivity index (χ0) is 15.2. The van der Waals surface area contributed by atoms with Crippen LogP contribution in [0.2, 0.25) is 0 Å². The lowest BCUT2D eigenvalue weighted by Gasteiger charge is -2.40. The molecular formula is C16H24F2N2S. The number of para-hydroxylation sites is 1. The van der Waals surface area contributed by atoms with Crippen LogP contribution in [0.15, 0.2) is 29.2 Å². The molecular weight excluding hydrogens is 290 g/mol. The molecule has 0 spiro atoms. The van der Waals surface area contributed by atoms with Gasteiger partial charge in [-0.3, -0.25) is 0 Å². The highest BCUT2D eigenvalue weighted by molar-refractivity contribution is 7.99. The lowest BCUT2D eigenvalue weighted by Crippen LogP contribution is -2.47. The first-order chi connectivity index (χ1) is 10.1. The average molecular weight is 314 g/mol. The van der Waals surface area contributed by atoms with Gasteiger partial charge >= 0.3 is 0 Å². The molecule has 0 aliphatic carbocycles. The Hall–Kier alpha value is -0.810. The van der Waals surface area contributed by atoms with Gasteiger partial charge in [-0.25, -0.2) is 0 Å². The van der Waals surface area contributed by atoms with Gasteiger partial charge in [0, 0.05) is 23.5 Å². The molecule has 1 N–H and O–H groups in total. The smallest absolute Gasteiger partial charge is 0.288 e. The fraction of sp³-hybridized carbons (Fsp3) is 0.625. The van der Waals surface area contributed by atoms with Gasteiger partial charge in [0.25, 0.3) is 5.76 Å². The van der Waals surface area contributed by atoms with Crippen molar-refractivity contribution < 1.29 is 8.78 Å². The first-order valence-electron chi connectivity index (χ1n) is 7.65. The van der Waals surface area contributed by atoms with E-state index in [1.807, 2.05) is 18.2 Å². The Morgan fingerprint density at radius 3 is 2.81 bits per heavy atom.